The van der Waals surface area contributed by atoms with Crippen molar-refractivity contribution in [3.63, 3.8) is 0 Å². The average molecular weight is 243 g/mol. The molecular formula is C14H13NOS. The van der Waals surface area contributed by atoms with Crippen molar-refractivity contribution >= 4 is 27.3 Å². The fourth-order valence-corrected chi connectivity index (χ4v) is 2.28. The molecule has 1 amide bonds. The van der Waals surface area contributed by atoms with Crippen LogP contribution in [0.5, 0.6) is 0 Å². The normalized spacial score (nSPS) is 9.71. The van der Waals surface area contributed by atoms with Gasteiger partial charge in [-0.15, -0.1) is 11.3 Å². The van der Waals surface area contributed by atoms with Gasteiger partial charge < -0.3 is 5.32 Å². The summed E-state index contributed by atoms with van der Waals surface area (Å²) >= 11 is 1.74. The predicted molar refractivity (Wildman–Crippen MR) is 72.0 cm³/mol. The standard InChI is InChI=1S/C14H13NOS/c1-11(16)15-8-3-2-4-12-5-6-14-13(10-12)7-9-17-14/h5-7,9-10H,3,8H2,1H3,(H,15,16). The van der Waals surface area contributed by atoms with Crippen LogP contribution in [0, 0.1) is 11.8 Å². The van der Waals surface area contributed by atoms with Gasteiger partial charge in [-0.05, 0) is 35.0 Å². The highest BCUT2D eigenvalue weighted by Gasteiger charge is 1.94. The molecule has 0 spiro atoms. The van der Waals surface area contributed by atoms with Crippen molar-refractivity contribution in [2.24, 2.45) is 0 Å². The third-order valence-corrected chi connectivity index (χ3v) is 3.21. The lowest BCUT2D eigenvalue weighted by molar-refractivity contribution is -0.118. The number of thiophene rings is 1. The number of carbonyl (C=O) groups is 1. The van der Waals surface area contributed by atoms with E-state index in [9.17, 15) is 4.79 Å². The Kier molecular flexibility index (Phi) is 3.79. The molecule has 0 unspecified atom stereocenters. The van der Waals surface area contributed by atoms with Crippen molar-refractivity contribution in [3.8, 4) is 11.8 Å². The van der Waals surface area contributed by atoms with E-state index in [2.05, 4.69) is 40.7 Å². The molecular weight excluding hydrogens is 230 g/mol. The zero-order chi connectivity index (χ0) is 12.1. The third kappa shape index (κ3) is 3.33. The molecule has 0 fully saturated rings. The number of fused-ring (bicyclic) bond motifs is 1. The number of hydrogen-bond acceptors (Lipinski definition) is 2. The molecule has 1 N–H and O–H groups in total. The van der Waals surface area contributed by atoms with Gasteiger partial charge in [0.25, 0.3) is 0 Å². The second-order valence-corrected chi connectivity index (χ2v) is 4.66. The Morgan fingerprint density at radius 3 is 3.12 bits per heavy atom. The number of benzene rings is 1. The zero-order valence-electron chi connectivity index (χ0n) is 9.62. The molecule has 0 saturated carbocycles. The van der Waals surface area contributed by atoms with E-state index < -0.39 is 0 Å². The summed E-state index contributed by atoms with van der Waals surface area (Å²) < 4.78 is 1.29. The molecule has 0 aliphatic carbocycles. The summed E-state index contributed by atoms with van der Waals surface area (Å²) in [5.41, 5.74) is 1.03. The molecule has 0 bridgehead atoms. The van der Waals surface area contributed by atoms with Crippen LogP contribution in [0.3, 0.4) is 0 Å². The van der Waals surface area contributed by atoms with Crippen molar-refractivity contribution in [1.82, 2.24) is 5.32 Å². The van der Waals surface area contributed by atoms with Crippen LogP contribution in [0.15, 0.2) is 29.6 Å². The molecule has 2 nitrogen and oxygen atoms in total. The fraction of sp³-hybridized carbons (Fsp3) is 0.214. The Balaban J connectivity index is 1.98. The van der Waals surface area contributed by atoms with Gasteiger partial charge in [-0.2, -0.15) is 0 Å². The van der Waals surface area contributed by atoms with Gasteiger partial charge in [-0.1, -0.05) is 11.8 Å². The molecule has 0 saturated heterocycles. The maximum absolute atomic E-state index is 10.6. The lowest BCUT2D eigenvalue weighted by atomic mass is 10.2. The number of amides is 1. The van der Waals surface area contributed by atoms with E-state index in [1.54, 1.807) is 11.3 Å². The van der Waals surface area contributed by atoms with Gasteiger partial charge in [0.05, 0.1) is 0 Å². The molecule has 2 rings (SSSR count). The van der Waals surface area contributed by atoms with Crippen molar-refractivity contribution in [1.29, 1.82) is 0 Å². The smallest absolute Gasteiger partial charge is 0.216 e. The van der Waals surface area contributed by atoms with Gasteiger partial charge in [-0.3, -0.25) is 4.79 Å². The first-order valence-electron chi connectivity index (χ1n) is 5.46. The minimum atomic E-state index is -0.00788. The van der Waals surface area contributed by atoms with Crippen molar-refractivity contribution in [2.45, 2.75) is 13.3 Å². The topological polar surface area (TPSA) is 29.1 Å². The Labute approximate surface area is 105 Å². The molecule has 86 valence electrons. The average Bonchev–Trinajstić information content (AvgIpc) is 2.75. The highest BCUT2D eigenvalue weighted by Crippen LogP contribution is 2.21. The molecule has 0 radical (unpaired) electrons. The first-order valence-corrected chi connectivity index (χ1v) is 6.34. The molecule has 0 aliphatic rings. The van der Waals surface area contributed by atoms with Crippen LogP contribution in [-0.4, -0.2) is 12.5 Å². The van der Waals surface area contributed by atoms with Crippen LogP contribution in [0.2, 0.25) is 0 Å². The summed E-state index contributed by atoms with van der Waals surface area (Å²) in [5.74, 6) is 6.15. The van der Waals surface area contributed by atoms with Crippen LogP contribution < -0.4 is 5.32 Å². The zero-order valence-corrected chi connectivity index (χ0v) is 10.4. The Morgan fingerprint density at radius 2 is 2.29 bits per heavy atom. The van der Waals surface area contributed by atoms with Crippen LogP contribution in [-0.2, 0) is 4.79 Å². The van der Waals surface area contributed by atoms with Crippen molar-refractivity contribution < 1.29 is 4.79 Å². The van der Waals surface area contributed by atoms with E-state index >= 15 is 0 Å². The van der Waals surface area contributed by atoms with E-state index in [-0.39, 0.29) is 5.91 Å². The number of carbonyl (C=O) groups excluding carboxylic acids is 1. The van der Waals surface area contributed by atoms with Crippen molar-refractivity contribution in [3.05, 3.63) is 35.2 Å². The molecule has 0 atom stereocenters. The lowest BCUT2D eigenvalue weighted by Crippen LogP contribution is -2.20. The van der Waals surface area contributed by atoms with E-state index in [1.165, 1.54) is 17.0 Å². The van der Waals surface area contributed by atoms with Gasteiger partial charge in [-0.25, -0.2) is 0 Å². The van der Waals surface area contributed by atoms with E-state index in [4.69, 9.17) is 0 Å². The molecule has 1 aromatic carbocycles. The lowest BCUT2D eigenvalue weighted by Gasteiger charge is -1.95. The minimum Gasteiger partial charge on any atom is -0.355 e. The molecule has 1 heterocycles. The quantitative estimate of drug-likeness (QED) is 0.638. The van der Waals surface area contributed by atoms with Crippen LogP contribution >= 0.6 is 11.3 Å². The third-order valence-electron chi connectivity index (χ3n) is 2.31. The molecule has 1 aromatic heterocycles. The number of rotatable bonds is 2. The highest BCUT2D eigenvalue weighted by atomic mass is 32.1. The Morgan fingerprint density at radius 1 is 1.41 bits per heavy atom. The van der Waals surface area contributed by atoms with Gasteiger partial charge in [0.1, 0.15) is 0 Å². The van der Waals surface area contributed by atoms with Gasteiger partial charge >= 0.3 is 0 Å². The van der Waals surface area contributed by atoms with Gasteiger partial charge in [0.15, 0.2) is 0 Å². The highest BCUT2D eigenvalue weighted by molar-refractivity contribution is 7.17. The summed E-state index contributed by atoms with van der Waals surface area (Å²) in [6.45, 7) is 2.13. The summed E-state index contributed by atoms with van der Waals surface area (Å²) in [4.78, 5) is 10.6. The van der Waals surface area contributed by atoms with Crippen LogP contribution in [0.1, 0.15) is 18.9 Å². The summed E-state index contributed by atoms with van der Waals surface area (Å²) in [7, 11) is 0. The fourth-order valence-electron chi connectivity index (χ4n) is 1.51. The summed E-state index contributed by atoms with van der Waals surface area (Å²) in [6.07, 6.45) is 0.682. The Bertz CT molecular complexity index is 589. The maximum atomic E-state index is 10.6. The molecule has 17 heavy (non-hydrogen) atoms. The first kappa shape index (κ1) is 11.7. The summed E-state index contributed by atoms with van der Waals surface area (Å²) in [6, 6.07) is 8.32. The van der Waals surface area contributed by atoms with Crippen LogP contribution in [0.25, 0.3) is 10.1 Å². The largest absolute Gasteiger partial charge is 0.355 e. The van der Waals surface area contributed by atoms with Gasteiger partial charge in [0.2, 0.25) is 5.91 Å². The monoisotopic (exact) mass is 243 g/mol. The molecule has 0 aliphatic heterocycles. The Hall–Kier alpha value is -1.79. The van der Waals surface area contributed by atoms with Gasteiger partial charge in [0, 0.05) is 30.2 Å². The maximum Gasteiger partial charge on any atom is 0.216 e. The number of hydrogen-bond donors (Lipinski definition) is 1. The molecule has 2 aromatic rings. The van der Waals surface area contributed by atoms with E-state index in [0.717, 1.165) is 5.56 Å². The second-order valence-electron chi connectivity index (χ2n) is 3.71. The molecule has 3 heteroatoms. The van der Waals surface area contributed by atoms with Crippen molar-refractivity contribution in [2.75, 3.05) is 6.54 Å². The first-order chi connectivity index (χ1) is 8.25. The predicted octanol–water partition coefficient (Wildman–Crippen LogP) is 2.78. The van der Waals surface area contributed by atoms with E-state index in [1.807, 2.05) is 6.07 Å². The SMILES string of the molecule is CC(=O)NCCC#Cc1ccc2sccc2c1. The van der Waals surface area contributed by atoms with Crippen LogP contribution in [0.4, 0.5) is 0 Å². The minimum absolute atomic E-state index is 0.00788. The number of nitrogens with one attached hydrogen (secondary N) is 1. The second kappa shape index (κ2) is 5.51. The van der Waals surface area contributed by atoms with E-state index in [0.29, 0.717) is 13.0 Å². The summed E-state index contributed by atoms with van der Waals surface area (Å²) in [5, 5.41) is 6.04.